The van der Waals surface area contributed by atoms with Crippen LogP contribution >= 0.6 is 0 Å². The fourth-order valence-electron chi connectivity index (χ4n) is 4.60. The monoisotopic (exact) mass is 543 g/mol. The number of carbonyl (C=O) groups excluding carboxylic acids is 1. The maximum absolute atomic E-state index is 13.3. The van der Waals surface area contributed by atoms with E-state index in [4.69, 9.17) is 9.51 Å². The predicted molar refractivity (Wildman–Crippen MR) is 150 cm³/mol. The number of rotatable bonds is 8. The Morgan fingerprint density at radius 1 is 1.00 bits per heavy atom. The average molecular weight is 544 g/mol. The highest BCUT2D eigenvalue weighted by atomic mass is 32.2. The number of imidazole rings is 1. The molecule has 0 aliphatic carbocycles. The Hall–Kier alpha value is -4.44. The summed E-state index contributed by atoms with van der Waals surface area (Å²) in [6, 6.07) is 20.1. The van der Waals surface area contributed by atoms with Crippen LogP contribution in [0.15, 0.2) is 76.1 Å². The Kier molecular flexibility index (Phi) is 6.96. The third-order valence-electron chi connectivity index (χ3n) is 6.80. The first-order chi connectivity index (χ1) is 18.7. The Balaban J connectivity index is 1.48. The van der Waals surface area contributed by atoms with Crippen LogP contribution in [-0.4, -0.2) is 36.1 Å². The lowest BCUT2D eigenvalue weighted by Crippen LogP contribution is -2.19. The minimum absolute atomic E-state index is 0.141. The van der Waals surface area contributed by atoms with Crippen LogP contribution in [0.25, 0.3) is 22.2 Å². The first-order valence-electron chi connectivity index (χ1n) is 12.6. The number of nitrogens with zero attached hydrogens (tertiary/aromatic N) is 3. The molecule has 3 aromatic carbocycles. The summed E-state index contributed by atoms with van der Waals surface area (Å²) < 4.78 is 36.3. The van der Waals surface area contributed by atoms with Gasteiger partial charge in [0.25, 0.3) is 15.9 Å². The number of aromatic nitrogens is 3. The van der Waals surface area contributed by atoms with Gasteiger partial charge in [-0.2, -0.15) is 0 Å². The Morgan fingerprint density at radius 3 is 2.41 bits per heavy atom. The van der Waals surface area contributed by atoms with Crippen LogP contribution in [0.2, 0.25) is 0 Å². The van der Waals surface area contributed by atoms with Crippen molar-refractivity contribution in [3.8, 4) is 11.1 Å². The SMILES string of the molecule is CCc1nc2cccc(C(=O)NC)c2n1Cc1ccc(-c2ccccc2S(=O)(=O)Nc2noc(C)c2C)cc1. The fraction of sp³-hybridized carbons (Fsp3) is 0.207. The fourth-order valence-corrected chi connectivity index (χ4v) is 5.89. The molecule has 5 rings (SSSR count). The van der Waals surface area contributed by atoms with Gasteiger partial charge in [-0.25, -0.2) is 13.4 Å². The normalized spacial score (nSPS) is 11.6. The zero-order valence-electron chi connectivity index (χ0n) is 22.1. The number of benzene rings is 3. The predicted octanol–water partition coefficient (Wildman–Crippen LogP) is 5.08. The van der Waals surface area contributed by atoms with Gasteiger partial charge in [-0.1, -0.05) is 60.6 Å². The van der Waals surface area contributed by atoms with Gasteiger partial charge < -0.3 is 14.4 Å². The van der Waals surface area contributed by atoms with Gasteiger partial charge in [-0.05, 0) is 43.2 Å². The van der Waals surface area contributed by atoms with Gasteiger partial charge >= 0.3 is 0 Å². The Labute approximate surface area is 226 Å². The van der Waals surface area contributed by atoms with Gasteiger partial charge in [-0.3, -0.25) is 9.52 Å². The molecule has 0 atom stereocenters. The molecule has 0 saturated carbocycles. The van der Waals surface area contributed by atoms with E-state index in [1.165, 1.54) is 0 Å². The Bertz CT molecular complexity index is 1790. The van der Waals surface area contributed by atoms with Crippen molar-refractivity contribution >= 4 is 32.8 Å². The van der Waals surface area contributed by atoms with Crippen LogP contribution in [0.5, 0.6) is 0 Å². The van der Waals surface area contributed by atoms with Crippen molar-refractivity contribution in [2.75, 3.05) is 11.8 Å². The third-order valence-corrected chi connectivity index (χ3v) is 8.20. The molecular weight excluding hydrogens is 514 g/mol. The summed E-state index contributed by atoms with van der Waals surface area (Å²) in [6.07, 6.45) is 0.711. The van der Waals surface area contributed by atoms with E-state index in [0.29, 0.717) is 35.4 Å². The topological polar surface area (TPSA) is 119 Å². The van der Waals surface area contributed by atoms with Crippen LogP contribution in [0.4, 0.5) is 5.82 Å². The highest BCUT2D eigenvalue weighted by Gasteiger charge is 2.23. The van der Waals surface area contributed by atoms with E-state index in [9.17, 15) is 13.2 Å². The molecule has 9 nitrogen and oxygen atoms in total. The summed E-state index contributed by atoms with van der Waals surface area (Å²) in [7, 11) is -2.31. The van der Waals surface area contributed by atoms with E-state index < -0.39 is 10.0 Å². The standard InChI is InChI=1S/C29H29N5O4S/c1-5-26-31-24-11-8-10-23(29(35)30-4)27(24)34(26)17-20-13-15-21(16-14-20)22-9-6-7-12-25(22)39(36,37)33-28-18(2)19(3)38-32-28/h6-16H,5,17H2,1-4H3,(H,30,35)(H,32,33). The highest BCUT2D eigenvalue weighted by Crippen LogP contribution is 2.30. The summed E-state index contributed by atoms with van der Waals surface area (Å²) >= 11 is 0. The number of para-hydroxylation sites is 1. The second kappa shape index (κ2) is 10.4. The van der Waals surface area contributed by atoms with Crippen molar-refractivity contribution < 1.29 is 17.7 Å². The molecule has 0 saturated heterocycles. The van der Waals surface area contributed by atoms with Gasteiger partial charge in [-0.15, -0.1) is 0 Å². The minimum Gasteiger partial charge on any atom is -0.359 e. The first kappa shape index (κ1) is 26.2. The molecular formula is C29H29N5O4S. The molecule has 0 unspecified atom stereocenters. The van der Waals surface area contributed by atoms with Gasteiger partial charge in [0.1, 0.15) is 11.6 Å². The molecule has 0 radical (unpaired) electrons. The number of anilines is 1. The maximum atomic E-state index is 13.3. The molecule has 1 amide bonds. The number of amides is 1. The summed E-state index contributed by atoms with van der Waals surface area (Å²) in [5.41, 5.74) is 5.09. The summed E-state index contributed by atoms with van der Waals surface area (Å²) in [5.74, 6) is 1.44. The number of nitrogens with one attached hydrogen (secondary N) is 2. The van der Waals surface area contributed by atoms with Gasteiger partial charge in [0.15, 0.2) is 5.82 Å². The smallest absolute Gasteiger partial charge is 0.263 e. The number of hydrogen-bond donors (Lipinski definition) is 2. The summed E-state index contributed by atoms with van der Waals surface area (Å²) in [6.45, 7) is 6.03. The highest BCUT2D eigenvalue weighted by molar-refractivity contribution is 7.92. The molecule has 10 heteroatoms. The van der Waals surface area contributed by atoms with Gasteiger partial charge in [0, 0.05) is 31.1 Å². The van der Waals surface area contributed by atoms with Crippen LogP contribution in [0, 0.1) is 13.8 Å². The lowest BCUT2D eigenvalue weighted by atomic mass is 10.0. The summed E-state index contributed by atoms with van der Waals surface area (Å²) in [5, 5.41) is 6.55. The average Bonchev–Trinajstić information content (AvgIpc) is 3.47. The Morgan fingerprint density at radius 2 is 1.74 bits per heavy atom. The first-order valence-corrected chi connectivity index (χ1v) is 14.1. The molecule has 0 aliphatic rings. The number of hydrogen-bond acceptors (Lipinski definition) is 6. The number of fused-ring (bicyclic) bond motifs is 1. The van der Waals surface area contributed by atoms with E-state index in [-0.39, 0.29) is 16.6 Å². The van der Waals surface area contributed by atoms with Gasteiger partial charge in [0.2, 0.25) is 0 Å². The van der Waals surface area contributed by atoms with Crippen molar-refractivity contribution in [3.63, 3.8) is 0 Å². The van der Waals surface area contributed by atoms with E-state index >= 15 is 0 Å². The number of sulfonamides is 1. The molecule has 2 aromatic heterocycles. The molecule has 5 aromatic rings. The molecule has 200 valence electrons. The van der Waals surface area contributed by atoms with Crippen LogP contribution in [0.3, 0.4) is 0 Å². The lowest BCUT2D eigenvalue weighted by molar-refractivity contribution is 0.0964. The second-order valence-electron chi connectivity index (χ2n) is 9.23. The van der Waals surface area contributed by atoms with Crippen molar-refractivity contribution in [1.82, 2.24) is 20.0 Å². The van der Waals surface area contributed by atoms with Crippen molar-refractivity contribution in [2.24, 2.45) is 0 Å². The lowest BCUT2D eigenvalue weighted by Gasteiger charge is -2.13. The molecule has 0 bridgehead atoms. The maximum Gasteiger partial charge on any atom is 0.263 e. The van der Waals surface area contributed by atoms with Gasteiger partial charge in [0.05, 0.1) is 21.5 Å². The van der Waals surface area contributed by atoms with Crippen LogP contribution < -0.4 is 10.0 Å². The number of aryl methyl sites for hydroxylation is 2. The quantitative estimate of drug-likeness (QED) is 0.282. The largest absolute Gasteiger partial charge is 0.359 e. The molecule has 0 aliphatic heterocycles. The zero-order valence-corrected chi connectivity index (χ0v) is 23.0. The van der Waals surface area contributed by atoms with Crippen LogP contribution in [0.1, 0.15) is 40.0 Å². The van der Waals surface area contributed by atoms with E-state index in [0.717, 1.165) is 28.0 Å². The van der Waals surface area contributed by atoms with E-state index in [1.54, 1.807) is 51.2 Å². The van der Waals surface area contributed by atoms with Crippen molar-refractivity contribution in [3.05, 3.63) is 95.0 Å². The summed E-state index contributed by atoms with van der Waals surface area (Å²) in [4.78, 5) is 17.5. The van der Waals surface area contributed by atoms with Crippen molar-refractivity contribution in [2.45, 2.75) is 38.6 Å². The van der Waals surface area contributed by atoms with E-state index in [2.05, 4.69) is 19.8 Å². The third kappa shape index (κ3) is 4.90. The molecule has 2 N–H and O–H groups in total. The molecule has 2 heterocycles. The van der Waals surface area contributed by atoms with Crippen molar-refractivity contribution in [1.29, 1.82) is 0 Å². The molecule has 0 spiro atoms. The zero-order chi connectivity index (χ0) is 27.7. The second-order valence-corrected chi connectivity index (χ2v) is 10.9. The molecule has 0 fully saturated rings. The van der Waals surface area contributed by atoms with E-state index in [1.807, 2.05) is 43.3 Å². The number of carbonyl (C=O) groups is 1. The van der Waals surface area contributed by atoms with Crippen LogP contribution in [-0.2, 0) is 23.0 Å². The minimum atomic E-state index is -3.92. The molecule has 39 heavy (non-hydrogen) atoms.